The lowest BCUT2D eigenvalue weighted by molar-refractivity contribution is 0.0929. The molecule has 1 amide bonds. The highest BCUT2D eigenvalue weighted by atomic mass is 32.1. The number of nitrogens with zero attached hydrogens (tertiary/aromatic N) is 2. The Morgan fingerprint density at radius 3 is 2.81 bits per heavy atom. The maximum Gasteiger partial charge on any atom is 0.261 e. The number of thiazole rings is 1. The van der Waals surface area contributed by atoms with Gasteiger partial charge in [-0.25, -0.2) is 4.98 Å². The van der Waals surface area contributed by atoms with E-state index in [4.69, 9.17) is 4.74 Å². The largest absolute Gasteiger partial charge is 0.493 e. The molecular weight excluding hydrogens is 366 g/mol. The molecule has 0 saturated carbocycles. The number of amides is 1. The summed E-state index contributed by atoms with van der Waals surface area (Å²) in [4.78, 5) is 21.0. The van der Waals surface area contributed by atoms with Crippen LogP contribution in [0.15, 0.2) is 18.2 Å². The van der Waals surface area contributed by atoms with Crippen LogP contribution in [0.3, 0.4) is 0 Å². The van der Waals surface area contributed by atoms with Crippen LogP contribution in [-0.4, -0.2) is 31.6 Å². The van der Waals surface area contributed by atoms with E-state index in [0.29, 0.717) is 11.5 Å². The minimum absolute atomic E-state index is 0.0183. The van der Waals surface area contributed by atoms with Crippen LogP contribution in [0.5, 0.6) is 5.75 Å². The summed E-state index contributed by atoms with van der Waals surface area (Å²) in [6, 6.07) is 6.16. The third-order valence-corrected chi connectivity index (χ3v) is 6.79. The second-order valence-electron chi connectivity index (χ2n) is 6.83. The summed E-state index contributed by atoms with van der Waals surface area (Å²) in [6.45, 7) is 4.74. The Kier molecular flexibility index (Phi) is 4.36. The SMILES string of the molecule is Cc1cc(C)c2c(c1)C(NC(=O)c1cc3sc(N(C)C)nc3s1)CCO2. The summed E-state index contributed by atoms with van der Waals surface area (Å²) in [6.07, 6.45) is 0.782. The average Bonchev–Trinajstić information content (AvgIpc) is 3.14. The summed E-state index contributed by atoms with van der Waals surface area (Å²) >= 11 is 3.06. The lowest BCUT2D eigenvalue weighted by Crippen LogP contribution is -2.32. The number of hydrogen-bond acceptors (Lipinski definition) is 6. The average molecular weight is 388 g/mol. The monoisotopic (exact) mass is 387 g/mol. The standard InChI is InChI=1S/C19H21N3O2S2/c1-10-7-11(2)16-12(8-10)13(5-6-24-16)20-17(23)14-9-15-18(25-14)21-19(26-15)22(3)4/h7-9,13H,5-6H2,1-4H3,(H,20,23). The zero-order valence-electron chi connectivity index (χ0n) is 15.3. The van der Waals surface area contributed by atoms with Crippen molar-refractivity contribution in [2.24, 2.45) is 0 Å². The molecular formula is C19H21N3O2S2. The molecule has 0 radical (unpaired) electrons. The smallest absolute Gasteiger partial charge is 0.261 e. The molecule has 0 fully saturated rings. The second kappa shape index (κ2) is 6.55. The van der Waals surface area contributed by atoms with Gasteiger partial charge in [0.25, 0.3) is 5.91 Å². The molecule has 7 heteroatoms. The Labute approximate surface area is 160 Å². The highest BCUT2D eigenvalue weighted by Gasteiger charge is 2.26. The number of benzene rings is 1. The summed E-state index contributed by atoms with van der Waals surface area (Å²) in [5, 5.41) is 4.15. The molecule has 0 spiro atoms. The number of thiophene rings is 1. The van der Waals surface area contributed by atoms with E-state index >= 15 is 0 Å². The van der Waals surface area contributed by atoms with Gasteiger partial charge in [0, 0.05) is 26.1 Å². The first-order valence-corrected chi connectivity index (χ1v) is 10.2. The number of anilines is 1. The normalized spacial score (nSPS) is 16.2. The molecule has 26 heavy (non-hydrogen) atoms. The molecule has 2 aromatic heterocycles. The number of nitrogens with one attached hydrogen (secondary N) is 1. The number of carbonyl (C=O) groups is 1. The summed E-state index contributed by atoms with van der Waals surface area (Å²) in [7, 11) is 3.95. The zero-order chi connectivity index (χ0) is 18.4. The minimum Gasteiger partial charge on any atom is -0.493 e. The van der Waals surface area contributed by atoms with Gasteiger partial charge >= 0.3 is 0 Å². The van der Waals surface area contributed by atoms with Crippen LogP contribution in [-0.2, 0) is 0 Å². The van der Waals surface area contributed by atoms with E-state index in [9.17, 15) is 4.79 Å². The molecule has 3 heterocycles. The van der Waals surface area contributed by atoms with Gasteiger partial charge in [-0.3, -0.25) is 4.79 Å². The van der Waals surface area contributed by atoms with Gasteiger partial charge in [0.2, 0.25) is 0 Å². The third kappa shape index (κ3) is 3.05. The molecule has 1 aliphatic rings. The van der Waals surface area contributed by atoms with E-state index in [1.807, 2.05) is 25.1 Å². The fourth-order valence-corrected chi connectivity index (χ4v) is 5.32. The molecule has 4 rings (SSSR count). The van der Waals surface area contributed by atoms with Crippen LogP contribution < -0.4 is 15.0 Å². The van der Waals surface area contributed by atoms with Crippen molar-refractivity contribution in [2.75, 3.05) is 25.6 Å². The molecule has 1 N–H and O–H groups in total. The Bertz CT molecular complexity index is 959. The third-order valence-electron chi connectivity index (χ3n) is 4.47. The van der Waals surface area contributed by atoms with Gasteiger partial charge in [0.05, 0.1) is 22.2 Å². The van der Waals surface area contributed by atoms with Gasteiger partial charge in [0.15, 0.2) is 5.13 Å². The maximum atomic E-state index is 12.8. The molecule has 1 unspecified atom stereocenters. The number of carbonyl (C=O) groups excluding carboxylic acids is 1. The lowest BCUT2D eigenvalue weighted by atomic mass is 9.95. The fraction of sp³-hybridized carbons (Fsp3) is 0.368. The minimum atomic E-state index is -0.0383. The van der Waals surface area contributed by atoms with Gasteiger partial charge in [-0.05, 0) is 25.5 Å². The van der Waals surface area contributed by atoms with Crippen LogP contribution in [0.2, 0.25) is 0 Å². The second-order valence-corrected chi connectivity index (χ2v) is 8.87. The summed E-state index contributed by atoms with van der Waals surface area (Å²) in [5.41, 5.74) is 3.38. The van der Waals surface area contributed by atoms with Crippen LogP contribution in [0.1, 0.15) is 38.8 Å². The molecule has 1 atom stereocenters. The fourth-order valence-electron chi connectivity index (χ4n) is 3.28. The van der Waals surface area contributed by atoms with Crippen LogP contribution >= 0.6 is 22.7 Å². The van der Waals surface area contributed by atoms with Gasteiger partial charge in [-0.2, -0.15) is 0 Å². The number of aryl methyl sites for hydroxylation is 2. The van der Waals surface area contributed by atoms with Crippen molar-refractivity contribution in [1.29, 1.82) is 0 Å². The van der Waals surface area contributed by atoms with E-state index in [0.717, 1.165) is 38.0 Å². The van der Waals surface area contributed by atoms with Crippen LogP contribution in [0.25, 0.3) is 9.53 Å². The summed E-state index contributed by atoms with van der Waals surface area (Å²) in [5.74, 6) is 0.875. The highest BCUT2D eigenvalue weighted by Crippen LogP contribution is 2.37. The van der Waals surface area contributed by atoms with Crippen molar-refractivity contribution in [2.45, 2.75) is 26.3 Å². The Hall–Kier alpha value is -2.12. The van der Waals surface area contributed by atoms with E-state index in [2.05, 4.69) is 36.3 Å². The van der Waals surface area contributed by atoms with Gasteiger partial charge < -0.3 is 15.0 Å². The molecule has 3 aromatic rings. The molecule has 1 aliphatic heterocycles. The predicted octanol–water partition coefficient (Wildman–Crippen LogP) is 4.29. The van der Waals surface area contributed by atoms with Crippen molar-refractivity contribution < 1.29 is 9.53 Å². The molecule has 0 aliphatic carbocycles. The van der Waals surface area contributed by atoms with Crippen LogP contribution in [0.4, 0.5) is 5.13 Å². The van der Waals surface area contributed by atoms with Crippen molar-refractivity contribution in [3.63, 3.8) is 0 Å². The predicted molar refractivity (Wildman–Crippen MR) is 108 cm³/mol. The number of ether oxygens (including phenoxy) is 1. The van der Waals surface area contributed by atoms with Gasteiger partial charge in [0.1, 0.15) is 10.6 Å². The van der Waals surface area contributed by atoms with Crippen molar-refractivity contribution >= 4 is 43.2 Å². The van der Waals surface area contributed by atoms with Crippen molar-refractivity contribution in [1.82, 2.24) is 10.3 Å². The first-order valence-electron chi connectivity index (χ1n) is 8.55. The van der Waals surface area contributed by atoms with Gasteiger partial charge in [-0.1, -0.05) is 29.0 Å². The maximum absolute atomic E-state index is 12.8. The van der Waals surface area contributed by atoms with E-state index in [1.165, 1.54) is 16.9 Å². The number of aromatic nitrogens is 1. The molecule has 5 nitrogen and oxygen atoms in total. The quantitative estimate of drug-likeness (QED) is 0.728. The number of fused-ring (bicyclic) bond motifs is 2. The molecule has 0 saturated heterocycles. The zero-order valence-corrected chi connectivity index (χ0v) is 16.9. The lowest BCUT2D eigenvalue weighted by Gasteiger charge is -2.28. The Morgan fingerprint density at radius 1 is 1.27 bits per heavy atom. The molecule has 0 bridgehead atoms. The van der Waals surface area contributed by atoms with E-state index in [-0.39, 0.29) is 11.9 Å². The summed E-state index contributed by atoms with van der Waals surface area (Å²) < 4.78 is 6.89. The highest BCUT2D eigenvalue weighted by molar-refractivity contribution is 7.29. The topological polar surface area (TPSA) is 54.5 Å². The molecule has 1 aromatic carbocycles. The Morgan fingerprint density at radius 2 is 2.08 bits per heavy atom. The van der Waals surface area contributed by atoms with E-state index < -0.39 is 0 Å². The van der Waals surface area contributed by atoms with Crippen molar-refractivity contribution in [3.8, 4) is 5.75 Å². The first-order chi connectivity index (χ1) is 12.4. The van der Waals surface area contributed by atoms with Crippen LogP contribution in [0, 0.1) is 13.8 Å². The molecule has 136 valence electrons. The first kappa shape index (κ1) is 17.3. The van der Waals surface area contributed by atoms with Gasteiger partial charge in [-0.15, -0.1) is 11.3 Å². The van der Waals surface area contributed by atoms with Crippen molar-refractivity contribution in [3.05, 3.63) is 39.8 Å². The number of rotatable bonds is 3. The number of hydrogen-bond donors (Lipinski definition) is 1. The Balaban J connectivity index is 1.58. The van der Waals surface area contributed by atoms with E-state index in [1.54, 1.807) is 11.3 Å².